The standard InChI is InChI=1S/C12H21N5O2/c1-3-17-10(2)13-14-11(17)8-15-4-6-16(7-5-15)12(19)9-18/h18H,3-9H2,1-2H3. The van der Waals surface area contributed by atoms with Crippen molar-refractivity contribution in [3.05, 3.63) is 11.6 Å². The zero-order chi connectivity index (χ0) is 13.8. The maximum atomic E-state index is 11.4. The van der Waals surface area contributed by atoms with Crippen molar-refractivity contribution in [3.63, 3.8) is 0 Å². The molecule has 1 aromatic rings. The van der Waals surface area contributed by atoms with E-state index in [1.807, 2.05) is 6.92 Å². The normalized spacial score (nSPS) is 16.9. The highest BCUT2D eigenvalue weighted by atomic mass is 16.3. The van der Waals surface area contributed by atoms with Crippen LogP contribution in [0, 0.1) is 6.92 Å². The summed E-state index contributed by atoms with van der Waals surface area (Å²) in [6.45, 7) is 8.21. The summed E-state index contributed by atoms with van der Waals surface area (Å²) >= 11 is 0. The second kappa shape index (κ2) is 6.12. The fraction of sp³-hybridized carbons (Fsp3) is 0.750. The molecule has 1 amide bonds. The Morgan fingerprint density at radius 1 is 1.26 bits per heavy atom. The first-order chi connectivity index (χ1) is 9.15. The molecule has 0 radical (unpaired) electrons. The average Bonchev–Trinajstić information content (AvgIpc) is 2.79. The van der Waals surface area contributed by atoms with Gasteiger partial charge in [0.25, 0.3) is 0 Å². The van der Waals surface area contributed by atoms with Crippen molar-refractivity contribution in [2.75, 3.05) is 32.8 Å². The van der Waals surface area contributed by atoms with Gasteiger partial charge in [0.1, 0.15) is 18.3 Å². The van der Waals surface area contributed by atoms with Crippen LogP contribution in [0.15, 0.2) is 0 Å². The topological polar surface area (TPSA) is 74.5 Å². The molecule has 7 nitrogen and oxygen atoms in total. The average molecular weight is 267 g/mol. The third-order valence-corrected chi connectivity index (χ3v) is 3.55. The molecule has 0 spiro atoms. The zero-order valence-corrected chi connectivity index (χ0v) is 11.5. The molecular weight excluding hydrogens is 246 g/mol. The molecule has 0 saturated carbocycles. The fourth-order valence-corrected chi connectivity index (χ4v) is 2.41. The van der Waals surface area contributed by atoms with Gasteiger partial charge in [-0.05, 0) is 13.8 Å². The van der Waals surface area contributed by atoms with Crippen molar-refractivity contribution in [2.24, 2.45) is 0 Å². The number of hydrogen-bond donors (Lipinski definition) is 1. The second-order valence-corrected chi connectivity index (χ2v) is 4.72. The van der Waals surface area contributed by atoms with Gasteiger partial charge in [-0.15, -0.1) is 10.2 Å². The van der Waals surface area contributed by atoms with Gasteiger partial charge in [-0.25, -0.2) is 0 Å². The van der Waals surface area contributed by atoms with E-state index in [0.29, 0.717) is 13.1 Å². The van der Waals surface area contributed by atoms with Crippen LogP contribution in [0.1, 0.15) is 18.6 Å². The van der Waals surface area contributed by atoms with Crippen LogP contribution in [0.3, 0.4) is 0 Å². The lowest BCUT2D eigenvalue weighted by Crippen LogP contribution is -2.49. The molecule has 0 aliphatic carbocycles. The summed E-state index contributed by atoms with van der Waals surface area (Å²) in [4.78, 5) is 15.3. The number of nitrogens with zero attached hydrogens (tertiary/aromatic N) is 5. The Hall–Kier alpha value is -1.47. The van der Waals surface area contributed by atoms with Crippen LogP contribution in [0.4, 0.5) is 0 Å². The Bertz CT molecular complexity index is 437. The van der Waals surface area contributed by atoms with E-state index >= 15 is 0 Å². The Morgan fingerprint density at radius 2 is 1.95 bits per heavy atom. The molecule has 1 aliphatic rings. The van der Waals surface area contributed by atoms with E-state index in [9.17, 15) is 4.79 Å². The van der Waals surface area contributed by atoms with E-state index in [0.717, 1.165) is 37.8 Å². The summed E-state index contributed by atoms with van der Waals surface area (Å²) in [5, 5.41) is 17.1. The number of aliphatic hydroxyl groups excluding tert-OH is 1. The summed E-state index contributed by atoms with van der Waals surface area (Å²) in [7, 11) is 0. The summed E-state index contributed by atoms with van der Waals surface area (Å²) in [5.41, 5.74) is 0. The number of hydrogen-bond acceptors (Lipinski definition) is 5. The van der Waals surface area contributed by atoms with Gasteiger partial charge in [0.05, 0.1) is 6.54 Å². The quantitative estimate of drug-likeness (QED) is 0.776. The predicted molar refractivity (Wildman–Crippen MR) is 69.4 cm³/mol. The van der Waals surface area contributed by atoms with Crippen LogP contribution in [-0.2, 0) is 17.9 Å². The number of rotatable bonds is 4. The van der Waals surface area contributed by atoms with E-state index in [4.69, 9.17) is 5.11 Å². The third kappa shape index (κ3) is 3.10. The van der Waals surface area contributed by atoms with Gasteiger partial charge in [-0.2, -0.15) is 0 Å². The van der Waals surface area contributed by atoms with Gasteiger partial charge in [-0.3, -0.25) is 9.69 Å². The molecule has 1 aromatic heterocycles. The SMILES string of the molecule is CCn1c(C)nnc1CN1CCN(C(=O)CO)CC1. The van der Waals surface area contributed by atoms with Crippen LogP contribution in [0.2, 0.25) is 0 Å². The van der Waals surface area contributed by atoms with Gasteiger partial charge in [-0.1, -0.05) is 0 Å². The van der Waals surface area contributed by atoms with E-state index in [1.54, 1.807) is 4.90 Å². The van der Waals surface area contributed by atoms with Gasteiger partial charge in [0.15, 0.2) is 0 Å². The highest BCUT2D eigenvalue weighted by Crippen LogP contribution is 2.08. The van der Waals surface area contributed by atoms with Gasteiger partial charge in [0, 0.05) is 32.7 Å². The van der Waals surface area contributed by atoms with Crippen molar-refractivity contribution in [1.82, 2.24) is 24.6 Å². The fourth-order valence-electron chi connectivity index (χ4n) is 2.41. The Balaban J connectivity index is 1.90. The molecule has 2 heterocycles. The lowest BCUT2D eigenvalue weighted by Gasteiger charge is -2.34. The number of piperazine rings is 1. The number of carbonyl (C=O) groups excluding carboxylic acids is 1. The molecule has 0 atom stereocenters. The van der Waals surface area contributed by atoms with E-state index in [2.05, 4.69) is 26.6 Å². The molecule has 106 valence electrons. The molecule has 1 fully saturated rings. The van der Waals surface area contributed by atoms with Crippen molar-refractivity contribution < 1.29 is 9.90 Å². The first-order valence-electron chi connectivity index (χ1n) is 6.65. The molecular formula is C12H21N5O2. The Labute approximate surface area is 112 Å². The van der Waals surface area contributed by atoms with Crippen LogP contribution in [0.5, 0.6) is 0 Å². The lowest BCUT2D eigenvalue weighted by molar-refractivity contribution is -0.136. The summed E-state index contributed by atoms with van der Waals surface area (Å²) in [6, 6.07) is 0. The van der Waals surface area contributed by atoms with Crippen molar-refractivity contribution >= 4 is 5.91 Å². The highest BCUT2D eigenvalue weighted by Gasteiger charge is 2.21. The van der Waals surface area contributed by atoms with E-state index in [-0.39, 0.29) is 5.91 Å². The zero-order valence-electron chi connectivity index (χ0n) is 11.5. The molecule has 0 aromatic carbocycles. The molecule has 0 bridgehead atoms. The monoisotopic (exact) mass is 267 g/mol. The minimum Gasteiger partial charge on any atom is -0.387 e. The van der Waals surface area contributed by atoms with Gasteiger partial charge in [0.2, 0.25) is 5.91 Å². The largest absolute Gasteiger partial charge is 0.387 e. The lowest BCUT2D eigenvalue weighted by atomic mass is 10.3. The van der Waals surface area contributed by atoms with Crippen LogP contribution < -0.4 is 0 Å². The maximum Gasteiger partial charge on any atom is 0.248 e. The molecule has 1 aliphatic heterocycles. The molecule has 19 heavy (non-hydrogen) atoms. The smallest absolute Gasteiger partial charge is 0.248 e. The summed E-state index contributed by atoms with van der Waals surface area (Å²) < 4.78 is 2.10. The van der Waals surface area contributed by atoms with Crippen molar-refractivity contribution in [3.8, 4) is 0 Å². The Kier molecular flexibility index (Phi) is 4.49. The summed E-state index contributed by atoms with van der Waals surface area (Å²) in [5.74, 6) is 1.72. The molecule has 1 N–H and O–H groups in total. The van der Waals surface area contributed by atoms with Crippen molar-refractivity contribution in [2.45, 2.75) is 26.9 Å². The van der Waals surface area contributed by atoms with Crippen LogP contribution in [0.25, 0.3) is 0 Å². The van der Waals surface area contributed by atoms with Gasteiger partial charge >= 0.3 is 0 Å². The van der Waals surface area contributed by atoms with Crippen molar-refractivity contribution in [1.29, 1.82) is 0 Å². The first kappa shape index (κ1) is 14.0. The molecule has 0 unspecified atom stereocenters. The van der Waals surface area contributed by atoms with Crippen LogP contribution >= 0.6 is 0 Å². The van der Waals surface area contributed by atoms with Gasteiger partial charge < -0.3 is 14.6 Å². The van der Waals surface area contributed by atoms with E-state index in [1.165, 1.54) is 0 Å². The third-order valence-electron chi connectivity index (χ3n) is 3.55. The minimum atomic E-state index is -0.399. The summed E-state index contributed by atoms with van der Waals surface area (Å²) in [6.07, 6.45) is 0. The number of aromatic nitrogens is 3. The number of aryl methyl sites for hydroxylation is 1. The maximum absolute atomic E-state index is 11.4. The molecule has 1 saturated heterocycles. The number of amides is 1. The minimum absolute atomic E-state index is 0.188. The number of carbonyl (C=O) groups is 1. The van der Waals surface area contributed by atoms with E-state index < -0.39 is 6.61 Å². The predicted octanol–water partition coefficient (Wildman–Crippen LogP) is -0.757. The number of aliphatic hydroxyl groups is 1. The first-order valence-corrected chi connectivity index (χ1v) is 6.65. The molecule has 2 rings (SSSR count). The molecule has 7 heteroatoms. The Morgan fingerprint density at radius 3 is 2.53 bits per heavy atom. The second-order valence-electron chi connectivity index (χ2n) is 4.72. The van der Waals surface area contributed by atoms with Crippen LogP contribution in [-0.4, -0.2) is 68.4 Å². The highest BCUT2D eigenvalue weighted by molar-refractivity contribution is 5.77.